The average Bonchev–Trinajstić information content (AvgIpc) is 3.11. The van der Waals surface area contributed by atoms with Crippen LogP contribution in [0.4, 0.5) is 0 Å². The predicted octanol–water partition coefficient (Wildman–Crippen LogP) is 1.67. The van der Waals surface area contributed by atoms with E-state index in [1.54, 1.807) is 27.9 Å². The van der Waals surface area contributed by atoms with Gasteiger partial charge in [0.05, 0.1) is 6.10 Å². The summed E-state index contributed by atoms with van der Waals surface area (Å²) in [6.45, 7) is 9.36. The fourth-order valence-electron chi connectivity index (χ4n) is 3.17. The summed E-state index contributed by atoms with van der Waals surface area (Å²) < 4.78 is 16.0. The number of ether oxygens (including phenoxy) is 2. The molecule has 1 aromatic heterocycles. The van der Waals surface area contributed by atoms with Crippen LogP contribution >= 0.6 is 0 Å². The molecule has 0 spiro atoms. The lowest BCUT2D eigenvalue weighted by Gasteiger charge is -2.30. The second-order valence-corrected chi connectivity index (χ2v) is 7.97. The Morgan fingerprint density at radius 2 is 2.00 bits per heavy atom. The molecule has 1 N–H and O–H groups in total. The molecule has 1 aromatic rings. The molecule has 8 heteroatoms. The van der Waals surface area contributed by atoms with Crippen LogP contribution in [-0.2, 0) is 19.1 Å². The molecule has 26 heavy (non-hydrogen) atoms. The Bertz CT molecular complexity index is 699. The van der Waals surface area contributed by atoms with E-state index in [9.17, 15) is 14.4 Å². The van der Waals surface area contributed by atoms with E-state index >= 15 is 0 Å². The van der Waals surface area contributed by atoms with E-state index in [0.29, 0.717) is 6.42 Å². The van der Waals surface area contributed by atoms with Crippen molar-refractivity contribution in [3.05, 3.63) is 22.2 Å². The summed E-state index contributed by atoms with van der Waals surface area (Å²) in [6, 6.07) is 0.549. The van der Waals surface area contributed by atoms with Gasteiger partial charge in [-0.3, -0.25) is 9.59 Å². The molecular weight excluding hydrogens is 340 g/mol. The zero-order valence-electron chi connectivity index (χ0n) is 16.2. The summed E-state index contributed by atoms with van der Waals surface area (Å²) in [5, 5.41) is 2.22. The Morgan fingerprint density at radius 3 is 2.46 bits per heavy atom. The molecule has 2 rings (SSSR count). The Labute approximate surface area is 152 Å². The predicted molar refractivity (Wildman–Crippen MR) is 93.7 cm³/mol. The highest BCUT2D eigenvalue weighted by molar-refractivity contribution is 5.89. The first-order chi connectivity index (χ1) is 12.0. The SMILES string of the molecule is CO[C@@H]1C[C@@H](C(=O)OC(C)(C)C)N(C(=O)C(c2cc(=O)[nH]o2)C(C)C)C1. The molecule has 2 heterocycles. The summed E-state index contributed by atoms with van der Waals surface area (Å²) in [6.07, 6.45) is 0.126. The quantitative estimate of drug-likeness (QED) is 0.793. The first-order valence-electron chi connectivity index (χ1n) is 8.78. The highest BCUT2D eigenvalue weighted by Crippen LogP contribution is 2.31. The molecule has 0 aliphatic carbocycles. The van der Waals surface area contributed by atoms with E-state index in [1.807, 2.05) is 13.8 Å². The lowest BCUT2D eigenvalue weighted by Crippen LogP contribution is -2.46. The molecule has 3 atom stereocenters. The number of nitrogens with one attached hydrogen (secondary N) is 1. The minimum Gasteiger partial charge on any atom is -0.458 e. The van der Waals surface area contributed by atoms with Gasteiger partial charge in [-0.1, -0.05) is 13.8 Å². The maximum Gasteiger partial charge on any atom is 0.329 e. The number of esters is 1. The van der Waals surface area contributed by atoms with Crippen molar-refractivity contribution >= 4 is 11.9 Å². The average molecular weight is 368 g/mol. The molecule has 0 bridgehead atoms. The number of nitrogens with zero attached hydrogens (tertiary/aromatic N) is 1. The van der Waals surface area contributed by atoms with E-state index in [-0.39, 0.29) is 30.2 Å². The highest BCUT2D eigenvalue weighted by atomic mass is 16.6. The molecule has 1 amide bonds. The highest BCUT2D eigenvalue weighted by Gasteiger charge is 2.45. The molecule has 0 radical (unpaired) electrons. The van der Waals surface area contributed by atoms with Crippen molar-refractivity contribution in [2.75, 3.05) is 13.7 Å². The van der Waals surface area contributed by atoms with Crippen LogP contribution in [0.25, 0.3) is 0 Å². The lowest BCUT2D eigenvalue weighted by molar-refractivity contribution is -0.163. The molecule has 146 valence electrons. The number of amides is 1. The van der Waals surface area contributed by atoms with Crippen molar-refractivity contribution in [3.8, 4) is 0 Å². The minimum atomic E-state index is -0.724. The van der Waals surface area contributed by atoms with Gasteiger partial charge in [0.15, 0.2) is 5.76 Å². The van der Waals surface area contributed by atoms with Gasteiger partial charge in [0.2, 0.25) is 5.91 Å². The minimum absolute atomic E-state index is 0.123. The van der Waals surface area contributed by atoms with Crippen LogP contribution in [0, 0.1) is 5.92 Å². The van der Waals surface area contributed by atoms with Crippen LogP contribution < -0.4 is 5.56 Å². The largest absolute Gasteiger partial charge is 0.458 e. The smallest absolute Gasteiger partial charge is 0.329 e. The van der Waals surface area contributed by atoms with E-state index in [2.05, 4.69) is 5.16 Å². The van der Waals surface area contributed by atoms with Crippen molar-refractivity contribution in [2.24, 2.45) is 5.92 Å². The van der Waals surface area contributed by atoms with Gasteiger partial charge >= 0.3 is 5.97 Å². The standard InChI is InChI=1S/C18H28N2O6/c1-10(2)15(13-8-14(21)19-26-13)16(22)20-9-11(24-6)7-12(20)17(23)25-18(3,4)5/h8,10-12,15H,7,9H2,1-6H3,(H,19,21)/t11-,12+,15?/m1/s1. The third-order valence-electron chi connectivity index (χ3n) is 4.34. The van der Waals surface area contributed by atoms with Crippen LogP contribution in [0.5, 0.6) is 0 Å². The van der Waals surface area contributed by atoms with Gasteiger partial charge in [0.1, 0.15) is 17.6 Å². The fraction of sp³-hybridized carbons (Fsp3) is 0.722. The number of likely N-dealkylation sites (tertiary alicyclic amines) is 1. The summed E-state index contributed by atoms with van der Waals surface area (Å²) in [4.78, 5) is 38.8. The molecule has 1 unspecified atom stereocenters. The van der Waals surface area contributed by atoms with E-state index < -0.39 is 29.1 Å². The number of aromatic amines is 1. The number of aromatic nitrogens is 1. The second kappa shape index (κ2) is 7.65. The van der Waals surface area contributed by atoms with Crippen LogP contribution in [0.1, 0.15) is 52.7 Å². The molecular formula is C18H28N2O6. The van der Waals surface area contributed by atoms with Crippen molar-refractivity contribution in [1.29, 1.82) is 0 Å². The first-order valence-corrected chi connectivity index (χ1v) is 8.78. The van der Waals surface area contributed by atoms with Gasteiger partial charge in [-0.05, 0) is 26.7 Å². The van der Waals surface area contributed by atoms with Crippen molar-refractivity contribution < 1.29 is 23.6 Å². The van der Waals surface area contributed by atoms with Crippen molar-refractivity contribution in [2.45, 2.75) is 64.7 Å². The molecule has 8 nitrogen and oxygen atoms in total. The number of carbonyl (C=O) groups excluding carboxylic acids is 2. The molecule has 0 aromatic carbocycles. The number of carbonyl (C=O) groups is 2. The fourth-order valence-corrected chi connectivity index (χ4v) is 3.17. The normalized spacial score (nSPS) is 21.9. The molecule has 1 aliphatic heterocycles. The topological polar surface area (TPSA) is 102 Å². The van der Waals surface area contributed by atoms with Gasteiger partial charge in [-0.25, -0.2) is 4.79 Å². The second-order valence-electron chi connectivity index (χ2n) is 7.97. The summed E-state index contributed by atoms with van der Waals surface area (Å²) in [7, 11) is 1.55. The summed E-state index contributed by atoms with van der Waals surface area (Å²) >= 11 is 0. The van der Waals surface area contributed by atoms with Crippen LogP contribution in [-0.4, -0.2) is 53.3 Å². The number of rotatable bonds is 5. The van der Waals surface area contributed by atoms with Crippen LogP contribution in [0.15, 0.2) is 15.4 Å². The Balaban J connectivity index is 2.30. The van der Waals surface area contributed by atoms with Gasteiger partial charge < -0.3 is 18.9 Å². The number of H-pyrrole nitrogens is 1. The van der Waals surface area contributed by atoms with Crippen LogP contribution in [0.2, 0.25) is 0 Å². The van der Waals surface area contributed by atoms with Crippen molar-refractivity contribution in [3.63, 3.8) is 0 Å². The Morgan fingerprint density at radius 1 is 1.35 bits per heavy atom. The Kier molecular flexibility index (Phi) is 5.95. The summed E-state index contributed by atoms with van der Waals surface area (Å²) in [5.74, 6) is -1.27. The third-order valence-corrected chi connectivity index (χ3v) is 4.34. The molecule has 1 aliphatic rings. The van der Waals surface area contributed by atoms with Gasteiger partial charge in [0.25, 0.3) is 5.56 Å². The van der Waals surface area contributed by atoms with Crippen LogP contribution in [0.3, 0.4) is 0 Å². The van der Waals surface area contributed by atoms with Gasteiger partial charge in [-0.2, -0.15) is 5.16 Å². The first kappa shape index (κ1) is 20.2. The lowest BCUT2D eigenvalue weighted by atomic mass is 9.91. The van der Waals surface area contributed by atoms with Crippen molar-refractivity contribution in [1.82, 2.24) is 10.1 Å². The Hall–Kier alpha value is -2.09. The monoisotopic (exact) mass is 368 g/mol. The summed E-state index contributed by atoms with van der Waals surface area (Å²) in [5.41, 5.74) is -1.06. The number of methoxy groups -OCH3 is 1. The number of hydrogen-bond acceptors (Lipinski definition) is 6. The molecule has 1 saturated heterocycles. The molecule has 0 saturated carbocycles. The molecule has 1 fully saturated rings. The third kappa shape index (κ3) is 4.55. The zero-order valence-corrected chi connectivity index (χ0v) is 16.2. The van der Waals surface area contributed by atoms with E-state index in [4.69, 9.17) is 14.0 Å². The van der Waals surface area contributed by atoms with Gasteiger partial charge in [0, 0.05) is 26.1 Å². The maximum absolute atomic E-state index is 13.2. The van der Waals surface area contributed by atoms with E-state index in [0.717, 1.165) is 0 Å². The zero-order chi connectivity index (χ0) is 19.6. The van der Waals surface area contributed by atoms with Gasteiger partial charge in [-0.15, -0.1) is 0 Å². The van der Waals surface area contributed by atoms with E-state index in [1.165, 1.54) is 11.0 Å². The number of hydrogen-bond donors (Lipinski definition) is 1. The maximum atomic E-state index is 13.2.